The molecule has 1 aromatic carbocycles. The van der Waals surface area contributed by atoms with Crippen molar-refractivity contribution in [1.82, 2.24) is 14.6 Å². The van der Waals surface area contributed by atoms with E-state index in [-0.39, 0.29) is 4.90 Å². The molecule has 0 saturated carbocycles. The van der Waals surface area contributed by atoms with E-state index in [0.717, 1.165) is 11.8 Å². The lowest BCUT2D eigenvalue weighted by molar-refractivity contribution is 0.536. The zero-order valence-electron chi connectivity index (χ0n) is 11.0. The molecular formula is C14H12F2N4S. The molecule has 4 nitrogen and oxygen atoms in total. The van der Waals surface area contributed by atoms with Crippen LogP contribution in [0.3, 0.4) is 0 Å². The fraction of sp³-hybridized carbons (Fsp3) is 0.143. The zero-order valence-corrected chi connectivity index (χ0v) is 11.8. The first-order chi connectivity index (χ1) is 10.2. The normalized spacial score (nSPS) is 11.2. The molecule has 0 saturated heterocycles. The highest BCUT2D eigenvalue weighted by Gasteiger charge is 2.16. The van der Waals surface area contributed by atoms with E-state index in [4.69, 9.17) is 5.73 Å². The van der Waals surface area contributed by atoms with Crippen LogP contribution in [-0.4, -0.2) is 21.1 Å². The first kappa shape index (κ1) is 14.0. The second-order valence-electron chi connectivity index (χ2n) is 4.44. The van der Waals surface area contributed by atoms with Gasteiger partial charge in [0.1, 0.15) is 11.6 Å². The van der Waals surface area contributed by atoms with Gasteiger partial charge >= 0.3 is 0 Å². The van der Waals surface area contributed by atoms with E-state index in [1.165, 1.54) is 12.1 Å². The number of hydrogen-bond acceptors (Lipinski definition) is 4. The Labute approximate surface area is 124 Å². The lowest BCUT2D eigenvalue weighted by Crippen LogP contribution is -2.04. The van der Waals surface area contributed by atoms with Crippen LogP contribution in [0.25, 0.3) is 5.65 Å². The number of hydrogen-bond donors (Lipinski definition) is 1. The summed E-state index contributed by atoms with van der Waals surface area (Å²) in [4.78, 5) is -0.0890. The predicted octanol–water partition coefficient (Wildman–Crippen LogP) is 2.66. The summed E-state index contributed by atoms with van der Waals surface area (Å²) in [6.45, 7) is 0.347. The minimum Gasteiger partial charge on any atom is -0.330 e. The van der Waals surface area contributed by atoms with Crippen LogP contribution in [0.4, 0.5) is 8.78 Å². The van der Waals surface area contributed by atoms with Crippen molar-refractivity contribution in [2.45, 2.75) is 16.5 Å². The number of nitrogens with two attached hydrogens (primary N) is 1. The molecule has 2 heterocycles. The van der Waals surface area contributed by atoms with E-state index in [1.54, 1.807) is 22.7 Å². The Morgan fingerprint density at radius 2 is 1.90 bits per heavy atom. The van der Waals surface area contributed by atoms with Crippen LogP contribution in [0.15, 0.2) is 46.6 Å². The van der Waals surface area contributed by atoms with Gasteiger partial charge in [0.15, 0.2) is 5.65 Å². The molecule has 3 rings (SSSR count). The molecule has 0 amide bonds. The number of aromatic nitrogens is 3. The van der Waals surface area contributed by atoms with Gasteiger partial charge in [0, 0.05) is 6.20 Å². The number of benzene rings is 1. The van der Waals surface area contributed by atoms with Gasteiger partial charge in [-0.3, -0.25) is 4.40 Å². The molecule has 2 aromatic heterocycles. The van der Waals surface area contributed by atoms with Crippen molar-refractivity contribution in [2.24, 2.45) is 5.73 Å². The van der Waals surface area contributed by atoms with Crippen molar-refractivity contribution >= 4 is 17.4 Å². The highest BCUT2D eigenvalue weighted by molar-refractivity contribution is 7.99. The van der Waals surface area contributed by atoms with Gasteiger partial charge in [-0.25, -0.2) is 8.78 Å². The van der Waals surface area contributed by atoms with Crippen LogP contribution >= 0.6 is 11.8 Å². The lowest BCUT2D eigenvalue weighted by Gasteiger charge is -2.06. The molecule has 0 spiro atoms. The molecule has 0 aliphatic heterocycles. The summed E-state index contributed by atoms with van der Waals surface area (Å²) in [5.74, 6) is -1.23. The Hall–Kier alpha value is -1.99. The molecule has 2 N–H and O–H groups in total. The van der Waals surface area contributed by atoms with Crippen molar-refractivity contribution in [2.75, 3.05) is 6.54 Å². The highest BCUT2D eigenvalue weighted by Crippen LogP contribution is 2.31. The molecular weight excluding hydrogens is 294 g/mol. The second kappa shape index (κ2) is 5.79. The Morgan fingerprint density at radius 1 is 1.14 bits per heavy atom. The third-order valence-electron chi connectivity index (χ3n) is 2.97. The summed E-state index contributed by atoms with van der Waals surface area (Å²) in [7, 11) is 0. The Kier molecular flexibility index (Phi) is 3.85. The molecule has 0 atom stereocenters. The maximum absolute atomic E-state index is 14.1. The van der Waals surface area contributed by atoms with Crippen molar-refractivity contribution in [3.8, 4) is 0 Å². The third kappa shape index (κ3) is 2.74. The Bertz CT molecular complexity index is 764. The third-order valence-corrected chi connectivity index (χ3v) is 4.02. The molecule has 0 unspecified atom stereocenters. The van der Waals surface area contributed by atoms with Crippen LogP contribution in [0.5, 0.6) is 0 Å². The average molecular weight is 306 g/mol. The second-order valence-corrected chi connectivity index (χ2v) is 5.42. The minimum absolute atomic E-state index is 0.0890. The number of pyridine rings is 1. The summed E-state index contributed by atoms with van der Waals surface area (Å²) in [5.41, 5.74) is 6.57. The van der Waals surface area contributed by atoms with E-state index in [0.29, 0.717) is 29.3 Å². The summed E-state index contributed by atoms with van der Waals surface area (Å²) < 4.78 is 29.8. The molecule has 3 aromatic rings. The van der Waals surface area contributed by atoms with E-state index in [2.05, 4.69) is 10.2 Å². The summed E-state index contributed by atoms with van der Waals surface area (Å²) in [6, 6.07) is 8.01. The van der Waals surface area contributed by atoms with E-state index in [1.807, 2.05) is 6.07 Å². The predicted molar refractivity (Wildman–Crippen MR) is 76.2 cm³/mol. The van der Waals surface area contributed by atoms with E-state index < -0.39 is 11.6 Å². The first-order valence-electron chi connectivity index (χ1n) is 6.34. The van der Waals surface area contributed by atoms with Crippen molar-refractivity contribution in [3.05, 3.63) is 53.7 Å². The summed E-state index contributed by atoms with van der Waals surface area (Å²) in [6.07, 6.45) is 2.18. The van der Waals surface area contributed by atoms with E-state index >= 15 is 0 Å². The summed E-state index contributed by atoms with van der Waals surface area (Å²) in [5, 5.41) is 8.32. The smallest absolute Gasteiger partial charge is 0.200 e. The zero-order chi connectivity index (χ0) is 14.8. The quantitative estimate of drug-likeness (QED) is 0.805. The SMILES string of the molecule is NCCc1cc(F)c(Sc2nnc3ccccn23)c(F)c1. The standard InChI is InChI=1S/C14H12F2N4S/c15-10-7-9(4-5-17)8-11(16)13(10)21-14-19-18-12-3-1-2-6-20(12)14/h1-3,6-8H,4-5,17H2. The maximum Gasteiger partial charge on any atom is 0.200 e. The summed E-state index contributed by atoms with van der Waals surface area (Å²) >= 11 is 0.912. The monoisotopic (exact) mass is 306 g/mol. The largest absolute Gasteiger partial charge is 0.330 e. The molecule has 7 heteroatoms. The number of fused-ring (bicyclic) bond motifs is 1. The van der Waals surface area contributed by atoms with Gasteiger partial charge < -0.3 is 5.73 Å². The minimum atomic E-state index is -0.615. The van der Waals surface area contributed by atoms with Gasteiger partial charge in [-0.1, -0.05) is 6.07 Å². The van der Waals surface area contributed by atoms with Gasteiger partial charge in [0.05, 0.1) is 4.90 Å². The first-order valence-corrected chi connectivity index (χ1v) is 7.16. The topological polar surface area (TPSA) is 56.2 Å². The molecule has 21 heavy (non-hydrogen) atoms. The highest BCUT2D eigenvalue weighted by atomic mass is 32.2. The van der Waals surface area contributed by atoms with Crippen molar-refractivity contribution in [1.29, 1.82) is 0 Å². The molecule has 0 aliphatic carbocycles. The van der Waals surface area contributed by atoms with Crippen LogP contribution in [0, 0.1) is 11.6 Å². The lowest BCUT2D eigenvalue weighted by atomic mass is 10.1. The van der Waals surface area contributed by atoms with Gasteiger partial charge in [0.2, 0.25) is 5.16 Å². The fourth-order valence-corrected chi connectivity index (χ4v) is 2.83. The molecule has 0 fully saturated rings. The molecule has 0 bridgehead atoms. The van der Waals surface area contributed by atoms with Crippen LogP contribution in [0.2, 0.25) is 0 Å². The molecule has 0 radical (unpaired) electrons. The number of nitrogens with zero attached hydrogens (tertiary/aromatic N) is 3. The van der Waals surface area contributed by atoms with Gasteiger partial charge in [0.25, 0.3) is 0 Å². The van der Waals surface area contributed by atoms with Crippen LogP contribution < -0.4 is 5.73 Å². The van der Waals surface area contributed by atoms with Gasteiger partial charge in [-0.15, -0.1) is 10.2 Å². The number of halogens is 2. The average Bonchev–Trinajstić information content (AvgIpc) is 2.86. The van der Waals surface area contributed by atoms with Gasteiger partial charge in [-0.2, -0.15) is 0 Å². The van der Waals surface area contributed by atoms with Crippen LogP contribution in [0.1, 0.15) is 5.56 Å². The fourth-order valence-electron chi connectivity index (χ4n) is 2.00. The molecule has 0 aliphatic rings. The van der Waals surface area contributed by atoms with Gasteiger partial charge in [-0.05, 0) is 54.6 Å². The molecule has 108 valence electrons. The number of rotatable bonds is 4. The van der Waals surface area contributed by atoms with Crippen molar-refractivity contribution < 1.29 is 8.78 Å². The van der Waals surface area contributed by atoms with E-state index in [9.17, 15) is 8.78 Å². The Balaban J connectivity index is 1.98. The van der Waals surface area contributed by atoms with Crippen LogP contribution in [-0.2, 0) is 6.42 Å². The van der Waals surface area contributed by atoms with Crippen molar-refractivity contribution in [3.63, 3.8) is 0 Å². The Morgan fingerprint density at radius 3 is 2.62 bits per heavy atom. The maximum atomic E-state index is 14.1.